The Kier molecular flexibility index (Phi) is 11.2. The van der Waals surface area contributed by atoms with Gasteiger partial charge >= 0.3 is 5.97 Å². The summed E-state index contributed by atoms with van der Waals surface area (Å²) < 4.78 is 4.42. The van der Waals surface area contributed by atoms with Gasteiger partial charge in [-0.25, -0.2) is 0 Å². The van der Waals surface area contributed by atoms with Crippen LogP contribution in [-0.2, 0) is 14.3 Å². The van der Waals surface area contributed by atoms with Gasteiger partial charge in [0.15, 0.2) is 0 Å². The number of ketones is 1. The first-order valence-corrected chi connectivity index (χ1v) is 6.60. The molecule has 18 heavy (non-hydrogen) atoms. The molecule has 0 saturated carbocycles. The lowest BCUT2D eigenvalue weighted by molar-refractivity contribution is -0.143. The number of carbonyl (C=O) groups excluding carboxylic acids is 2. The van der Waals surface area contributed by atoms with E-state index in [0.717, 1.165) is 6.42 Å². The monoisotopic (exact) mass is 252 g/mol. The number of Topliss-reactive ketones (excluding diaryl/α,β-unsaturated/α-hetero) is 1. The summed E-state index contributed by atoms with van der Waals surface area (Å²) in [7, 11) is 1.29. The first-order chi connectivity index (χ1) is 8.70. The van der Waals surface area contributed by atoms with Gasteiger partial charge in [-0.15, -0.1) is 0 Å². The van der Waals surface area contributed by atoms with Crippen molar-refractivity contribution in [2.75, 3.05) is 7.11 Å². The molecule has 0 bridgehead atoms. The average Bonchev–Trinajstić information content (AvgIpc) is 2.36. The highest BCUT2D eigenvalue weighted by atomic mass is 16.5. The zero-order valence-electron chi connectivity index (χ0n) is 11.5. The van der Waals surface area contributed by atoms with Crippen LogP contribution in [0.3, 0.4) is 0 Å². The van der Waals surface area contributed by atoms with Crippen molar-refractivity contribution in [1.29, 1.82) is 0 Å². The van der Waals surface area contributed by atoms with E-state index in [1.54, 1.807) is 0 Å². The van der Waals surface area contributed by atoms with Crippen LogP contribution in [0.1, 0.15) is 51.9 Å². The summed E-state index contributed by atoms with van der Waals surface area (Å²) in [6.07, 6.45) is 13.9. The van der Waals surface area contributed by atoms with Crippen LogP contribution < -0.4 is 0 Å². The largest absolute Gasteiger partial charge is 0.469 e. The van der Waals surface area contributed by atoms with E-state index in [9.17, 15) is 9.59 Å². The molecule has 0 rings (SSSR count). The van der Waals surface area contributed by atoms with Gasteiger partial charge in [-0.1, -0.05) is 44.1 Å². The fourth-order valence-corrected chi connectivity index (χ4v) is 1.43. The van der Waals surface area contributed by atoms with Crippen molar-refractivity contribution in [3.8, 4) is 0 Å². The number of esters is 1. The first kappa shape index (κ1) is 16.6. The maximum atomic E-state index is 11.3. The van der Waals surface area contributed by atoms with Crippen molar-refractivity contribution in [2.45, 2.75) is 51.9 Å². The third-order valence-electron chi connectivity index (χ3n) is 2.52. The van der Waals surface area contributed by atoms with Gasteiger partial charge in [-0.2, -0.15) is 0 Å². The molecule has 102 valence electrons. The number of hydrogen-bond acceptors (Lipinski definition) is 3. The number of carbonyl (C=O) groups is 2. The van der Waals surface area contributed by atoms with E-state index in [1.807, 2.05) is 18.2 Å². The molecule has 3 heteroatoms. The number of allylic oxidation sites excluding steroid dienone is 4. The Morgan fingerprint density at radius 1 is 1.06 bits per heavy atom. The minimum Gasteiger partial charge on any atom is -0.469 e. The van der Waals surface area contributed by atoms with Gasteiger partial charge in [0.25, 0.3) is 0 Å². The summed E-state index contributed by atoms with van der Waals surface area (Å²) in [5.41, 5.74) is 0. The summed E-state index contributed by atoms with van der Waals surface area (Å²) in [5.74, 6) is -0.529. The maximum Gasteiger partial charge on any atom is 0.313 e. The van der Waals surface area contributed by atoms with Gasteiger partial charge in [0, 0.05) is 6.42 Å². The molecule has 0 saturated heterocycles. The quantitative estimate of drug-likeness (QED) is 0.258. The Hall–Kier alpha value is -1.38. The number of rotatable bonds is 10. The summed E-state index contributed by atoms with van der Waals surface area (Å²) in [6, 6.07) is 0. The number of ether oxygens (including phenoxy) is 1. The van der Waals surface area contributed by atoms with E-state index in [2.05, 4.69) is 17.7 Å². The van der Waals surface area contributed by atoms with Gasteiger partial charge in [-0.3, -0.25) is 9.59 Å². The Morgan fingerprint density at radius 2 is 1.72 bits per heavy atom. The molecule has 0 N–H and O–H groups in total. The molecule has 0 aromatic rings. The Balaban J connectivity index is 3.52. The molecule has 0 unspecified atom stereocenters. The molecule has 0 aromatic carbocycles. The van der Waals surface area contributed by atoms with Crippen LogP contribution in [-0.4, -0.2) is 18.9 Å². The molecular weight excluding hydrogens is 228 g/mol. The molecule has 0 heterocycles. The number of unbranched alkanes of at least 4 members (excludes halogenated alkanes) is 3. The van der Waals surface area contributed by atoms with Crippen LogP contribution in [0.2, 0.25) is 0 Å². The Morgan fingerprint density at radius 3 is 2.33 bits per heavy atom. The smallest absolute Gasteiger partial charge is 0.313 e. The summed E-state index contributed by atoms with van der Waals surface area (Å²) in [5, 5.41) is 0. The van der Waals surface area contributed by atoms with Gasteiger partial charge in [0.2, 0.25) is 0 Å². The van der Waals surface area contributed by atoms with Crippen molar-refractivity contribution in [1.82, 2.24) is 0 Å². The summed E-state index contributed by atoms with van der Waals surface area (Å²) >= 11 is 0. The van der Waals surface area contributed by atoms with Crippen LogP contribution in [0.15, 0.2) is 24.3 Å². The lowest BCUT2D eigenvalue weighted by Crippen LogP contribution is -2.08. The molecule has 0 fully saturated rings. The Labute approximate surface area is 110 Å². The second-order valence-electron chi connectivity index (χ2n) is 4.18. The highest BCUT2D eigenvalue weighted by molar-refractivity contribution is 5.95. The number of hydrogen-bond donors (Lipinski definition) is 0. The average molecular weight is 252 g/mol. The summed E-state index contributed by atoms with van der Waals surface area (Å²) in [4.78, 5) is 22.1. The topological polar surface area (TPSA) is 43.4 Å². The van der Waals surface area contributed by atoms with Crippen LogP contribution >= 0.6 is 0 Å². The van der Waals surface area contributed by atoms with Crippen molar-refractivity contribution in [3.63, 3.8) is 0 Å². The summed E-state index contributed by atoms with van der Waals surface area (Å²) in [6.45, 7) is 2.19. The van der Waals surface area contributed by atoms with E-state index in [4.69, 9.17) is 0 Å². The van der Waals surface area contributed by atoms with E-state index in [0.29, 0.717) is 12.8 Å². The standard InChI is InChI=1S/C15H24O3/c1-3-4-5-6-7-8-9-10-11-12-14(16)13-15(17)18-2/h7-10H,3-6,11-13H2,1-2H3. The van der Waals surface area contributed by atoms with Crippen molar-refractivity contribution in [3.05, 3.63) is 24.3 Å². The lowest BCUT2D eigenvalue weighted by Gasteiger charge is -1.96. The SMILES string of the molecule is CCCCCC=CC=CCCC(=O)CC(=O)OC. The third kappa shape index (κ3) is 11.1. The van der Waals surface area contributed by atoms with Crippen LogP contribution in [0.25, 0.3) is 0 Å². The van der Waals surface area contributed by atoms with Crippen LogP contribution in [0.4, 0.5) is 0 Å². The fourth-order valence-electron chi connectivity index (χ4n) is 1.43. The van der Waals surface area contributed by atoms with E-state index in [1.165, 1.54) is 26.4 Å². The molecule has 0 atom stereocenters. The van der Waals surface area contributed by atoms with Gasteiger partial charge in [0.05, 0.1) is 7.11 Å². The predicted octanol–water partition coefficient (Wildman–Crippen LogP) is 3.59. The zero-order chi connectivity index (χ0) is 13.6. The normalized spacial score (nSPS) is 11.2. The predicted molar refractivity (Wildman–Crippen MR) is 73.3 cm³/mol. The molecule has 0 amide bonds. The van der Waals surface area contributed by atoms with E-state index >= 15 is 0 Å². The fraction of sp³-hybridized carbons (Fsp3) is 0.600. The third-order valence-corrected chi connectivity index (χ3v) is 2.52. The van der Waals surface area contributed by atoms with Crippen molar-refractivity contribution < 1.29 is 14.3 Å². The first-order valence-electron chi connectivity index (χ1n) is 6.60. The van der Waals surface area contributed by atoms with Crippen molar-refractivity contribution >= 4 is 11.8 Å². The Bertz CT molecular complexity index is 290. The highest BCUT2D eigenvalue weighted by Gasteiger charge is 2.07. The highest BCUT2D eigenvalue weighted by Crippen LogP contribution is 2.01. The zero-order valence-corrected chi connectivity index (χ0v) is 11.5. The van der Waals surface area contributed by atoms with E-state index in [-0.39, 0.29) is 12.2 Å². The second-order valence-corrected chi connectivity index (χ2v) is 4.18. The van der Waals surface area contributed by atoms with Gasteiger partial charge in [0.1, 0.15) is 12.2 Å². The minimum absolute atomic E-state index is 0.0709. The van der Waals surface area contributed by atoms with Crippen LogP contribution in [0.5, 0.6) is 0 Å². The molecule has 0 aliphatic heterocycles. The molecule has 0 aliphatic carbocycles. The molecule has 0 aromatic heterocycles. The van der Waals surface area contributed by atoms with E-state index < -0.39 is 5.97 Å². The molecule has 0 radical (unpaired) electrons. The maximum absolute atomic E-state index is 11.3. The molecule has 3 nitrogen and oxygen atoms in total. The molecular formula is C15H24O3. The number of methoxy groups -OCH3 is 1. The molecule has 0 aliphatic rings. The van der Waals surface area contributed by atoms with Gasteiger partial charge < -0.3 is 4.74 Å². The lowest BCUT2D eigenvalue weighted by atomic mass is 10.1. The van der Waals surface area contributed by atoms with Crippen molar-refractivity contribution in [2.24, 2.45) is 0 Å². The molecule has 0 spiro atoms. The second kappa shape index (κ2) is 12.1. The van der Waals surface area contributed by atoms with Crippen LogP contribution in [0, 0.1) is 0 Å². The van der Waals surface area contributed by atoms with Gasteiger partial charge in [-0.05, 0) is 19.3 Å². The minimum atomic E-state index is -0.459.